The van der Waals surface area contributed by atoms with E-state index in [9.17, 15) is 4.79 Å². The molecular formula is C25H26ClN7O3. The molecule has 0 unspecified atom stereocenters. The topological polar surface area (TPSA) is 118 Å². The van der Waals surface area contributed by atoms with E-state index in [1.807, 2.05) is 26.0 Å². The Kier molecular flexibility index (Phi) is 6.46. The molecular weight excluding hydrogens is 482 g/mol. The number of fused-ring (bicyclic) bond motifs is 1. The van der Waals surface area contributed by atoms with Crippen LogP contribution in [0.25, 0.3) is 22.4 Å². The van der Waals surface area contributed by atoms with Gasteiger partial charge in [-0.1, -0.05) is 23.7 Å². The van der Waals surface area contributed by atoms with Crippen LogP contribution in [0.1, 0.15) is 26.6 Å². The lowest BCUT2D eigenvalue weighted by atomic mass is 10.0. The second-order valence-corrected chi connectivity index (χ2v) is 9.44. The molecule has 2 N–H and O–H groups in total. The summed E-state index contributed by atoms with van der Waals surface area (Å²) in [5.74, 6) is 0.693. The fourth-order valence-corrected chi connectivity index (χ4v) is 4.36. The van der Waals surface area contributed by atoms with Gasteiger partial charge in [-0.3, -0.25) is 4.79 Å². The number of imidazole rings is 1. The summed E-state index contributed by atoms with van der Waals surface area (Å²) in [6.45, 7) is 8.33. The van der Waals surface area contributed by atoms with Gasteiger partial charge in [0.2, 0.25) is 5.91 Å². The Hall–Kier alpha value is -3.76. The molecule has 1 aromatic carbocycles. The highest BCUT2D eigenvalue weighted by molar-refractivity contribution is 6.33. The standard InChI is InChI=1S/C25H26ClN7O3/c1-15(34)32-25(2,3)23-27-13-18(14-28-23)36-24-29-20-12-19(26)21(30-22(20)31-24)16-4-6-17(7-5-16)33-8-10-35-11-9-33/h4-7,12-14H,8-11H2,1-3H3,(H,32,34)(H,29,30,31). The highest BCUT2D eigenvalue weighted by Crippen LogP contribution is 2.31. The van der Waals surface area contributed by atoms with E-state index in [0.717, 1.165) is 37.6 Å². The zero-order chi connectivity index (χ0) is 25.3. The van der Waals surface area contributed by atoms with Gasteiger partial charge in [0.05, 0.1) is 47.4 Å². The Balaban J connectivity index is 1.34. The molecule has 1 fully saturated rings. The third-order valence-electron chi connectivity index (χ3n) is 5.81. The third kappa shape index (κ3) is 5.09. The number of aromatic amines is 1. The molecule has 0 radical (unpaired) electrons. The normalized spacial score (nSPS) is 14.2. The van der Waals surface area contributed by atoms with Crippen molar-refractivity contribution in [2.24, 2.45) is 0 Å². The number of pyridine rings is 1. The molecule has 5 rings (SSSR count). The van der Waals surface area contributed by atoms with Crippen molar-refractivity contribution in [3.63, 3.8) is 0 Å². The van der Waals surface area contributed by atoms with Crippen molar-refractivity contribution in [1.82, 2.24) is 30.2 Å². The van der Waals surface area contributed by atoms with Crippen molar-refractivity contribution < 1.29 is 14.3 Å². The van der Waals surface area contributed by atoms with Crippen molar-refractivity contribution in [3.05, 3.63) is 53.6 Å². The summed E-state index contributed by atoms with van der Waals surface area (Å²) in [5, 5.41) is 3.32. The van der Waals surface area contributed by atoms with Gasteiger partial charge >= 0.3 is 6.01 Å². The highest BCUT2D eigenvalue weighted by Gasteiger charge is 2.24. The van der Waals surface area contributed by atoms with E-state index in [1.54, 1.807) is 6.07 Å². The molecule has 10 nitrogen and oxygen atoms in total. The molecule has 0 spiro atoms. The molecule has 36 heavy (non-hydrogen) atoms. The average Bonchev–Trinajstić information content (AvgIpc) is 3.24. The molecule has 1 aliphatic rings. The number of morpholine rings is 1. The zero-order valence-corrected chi connectivity index (χ0v) is 21.0. The molecule has 186 valence electrons. The number of hydrogen-bond acceptors (Lipinski definition) is 8. The van der Waals surface area contributed by atoms with Crippen LogP contribution in [0, 0.1) is 0 Å². The fraction of sp³-hybridized carbons (Fsp3) is 0.320. The van der Waals surface area contributed by atoms with Crippen LogP contribution in [0.4, 0.5) is 5.69 Å². The van der Waals surface area contributed by atoms with E-state index >= 15 is 0 Å². The van der Waals surface area contributed by atoms with Crippen LogP contribution in [0.5, 0.6) is 11.8 Å². The molecule has 0 atom stereocenters. The largest absolute Gasteiger partial charge is 0.422 e. The van der Waals surface area contributed by atoms with Crippen molar-refractivity contribution >= 4 is 34.4 Å². The van der Waals surface area contributed by atoms with Gasteiger partial charge in [-0.25, -0.2) is 15.0 Å². The smallest absolute Gasteiger partial charge is 0.301 e. The summed E-state index contributed by atoms with van der Waals surface area (Å²) in [6.07, 6.45) is 3.06. The number of nitrogens with zero attached hydrogens (tertiary/aromatic N) is 5. The maximum absolute atomic E-state index is 11.4. The van der Waals surface area contributed by atoms with Crippen LogP contribution in [-0.2, 0) is 15.1 Å². The lowest BCUT2D eigenvalue weighted by Gasteiger charge is -2.28. The Morgan fingerprint density at radius 3 is 2.50 bits per heavy atom. The van der Waals surface area contributed by atoms with Gasteiger partial charge in [-0.2, -0.15) is 4.98 Å². The second kappa shape index (κ2) is 9.71. The van der Waals surface area contributed by atoms with E-state index in [1.165, 1.54) is 19.3 Å². The van der Waals surface area contributed by atoms with E-state index in [0.29, 0.717) is 33.5 Å². The summed E-state index contributed by atoms with van der Waals surface area (Å²) in [5.41, 5.74) is 3.10. The molecule has 0 bridgehead atoms. The number of halogens is 1. The van der Waals surface area contributed by atoms with Crippen molar-refractivity contribution in [3.8, 4) is 23.0 Å². The summed E-state index contributed by atoms with van der Waals surface area (Å²) < 4.78 is 11.2. The maximum Gasteiger partial charge on any atom is 0.301 e. The van der Waals surface area contributed by atoms with Gasteiger partial charge in [0.15, 0.2) is 17.2 Å². The molecule has 4 heterocycles. The van der Waals surface area contributed by atoms with Crippen LogP contribution in [0.3, 0.4) is 0 Å². The van der Waals surface area contributed by atoms with Crippen molar-refractivity contribution in [2.45, 2.75) is 26.3 Å². The Morgan fingerprint density at radius 2 is 1.83 bits per heavy atom. The zero-order valence-electron chi connectivity index (χ0n) is 20.2. The molecule has 0 saturated carbocycles. The van der Waals surface area contributed by atoms with Crippen LogP contribution in [0.15, 0.2) is 42.7 Å². The number of amides is 1. The van der Waals surface area contributed by atoms with Gasteiger partial charge < -0.3 is 24.7 Å². The molecule has 0 aliphatic carbocycles. The van der Waals surface area contributed by atoms with Gasteiger partial charge in [-0.05, 0) is 32.0 Å². The van der Waals surface area contributed by atoms with Gasteiger partial charge in [-0.15, -0.1) is 0 Å². The third-order valence-corrected chi connectivity index (χ3v) is 6.10. The Labute approximate surface area is 213 Å². The van der Waals surface area contributed by atoms with Gasteiger partial charge in [0.25, 0.3) is 0 Å². The predicted octanol–water partition coefficient (Wildman–Crippen LogP) is 4.07. The molecule has 1 aliphatic heterocycles. The first kappa shape index (κ1) is 24.0. The highest BCUT2D eigenvalue weighted by atomic mass is 35.5. The van der Waals surface area contributed by atoms with Crippen LogP contribution >= 0.6 is 11.6 Å². The first-order chi connectivity index (χ1) is 17.3. The predicted molar refractivity (Wildman–Crippen MR) is 136 cm³/mol. The van der Waals surface area contributed by atoms with Crippen LogP contribution < -0.4 is 15.0 Å². The van der Waals surface area contributed by atoms with Gasteiger partial charge in [0, 0.05) is 31.3 Å². The number of aromatic nitrogens is 5. The first-order valence-electron chi connectivity index (χ1n) is 11.6. The van der Waals surface area contributed by atoms with E-state index in [-0.39, 0.29) is 11.9 Å². The number of benzene rings is 1. The number of carbonyl (C=O) groups is 1. The number of ether oxygens (including phenoxy) is 2. The second-order valence-electron chi connectivity index (χ2n) is 9.03. The fourth-order valence-electron chi connectivity index (χ4n) is 4.10. The van der Waals surface area contributed by atoms with E-state index in [4.69, 9.17) is 21.1 Å². The molecule has 1 amide bonds. The first-order valence-corrected chi connectivity index (χ1v) is 11.9. The van der Waals surface area contributed by atoms with Crippen molar-refractivity contribution in [2.75, 3.05) is 31.2 Å². The minimum Gasteiger partial charge on any atom is -0.422 e. The van der Waals surface area contributed by atoms with Crippen LogP contribution in [-0.4, -0.2) is 57.1 Å². The molecule has 4 aromatic rings. The Bertz CT molecular complexity index is 1380. The maximum atomic E-state index is 11.4. The summed E-state index contributed by atoms with van der Waals surface area (Å²) >= 11 is 6.56. The number of carbonyl (C=O) groups excluding carboxylic acids is 1. The lowest BCUT2D eigenvalue weighted by Crippen LogP contribution is -2.41. The molecule has 3 aromatic heterocycles. The summed E-state index contributed by atoms with van der Waals surface area (Å²) in [7, 11) is 0. The summed E-state index contributed by atoms with van der Waals surface area (Å²) in [4.78, 5) is 34.6. The van der Waals surface area contributed by atoms with Gasteiger partial charge in [0.1, 0.15) is 0 Å². The Morgan fingerprint density at radius 1 is 1.14 bits per heavy atom. The number of hydrogen-bond donors (Lipinski definition) is 2. The van der Waals surface area contributed by atoms with Crippen LogP contribution in [0.2, 0.25) is 5.02 Å². The summed E-state index contributed by atoms with van der Waals surface area (Å²) in [6, 6.07) is 10.2. The lowest BCUT2D eigenvalue weighted by molar-refractivity contribution is -0.120. The van der Waals surface area contributed by atoms with E-state index in [2.05, 4.69) is 47.3 Å². The average molecular weight is 508 g/mol. The molecule has 11 heteroatoms. The monoisotopic (exact) mass is 507 g/mol. The van der Waals surface area contributed by atoms with Crippen molar-refractivity contribution in [1.29, 1.82) is 0 Å². The number of rotatable bonds is 6. The van der Waals surface area contributed by atoms with E-state index < -0.39 is 5.54 Å². The SMILES string of the molecule is CC(=O)NC(C)(C)c1ncc(Oc2nc3nc(-c4ccc(N5CCOCC5)cc4)c(Cl)cc3[nH]2)cn1. The number of nitrogens with one attached hydrogen (secondary N) is 2. The minimum absolute atomic E-state index is 0.162. The number of H-pyrrole nitrogens is 1. The quantitative estimate of drug-likeness (QED) is 0.401. The molecule has 1 saturated heterocycles. The number of anilines is 1. The minimum atomic E-state index is -0.707.